The van der Waals surface area contributed by atoms with Gasteiger partial charge in [-0.2, -0.15) is 10.4 Å². The zero-order chi connectivity index (χ0) is 28.7. The molecule has 2 atom stereocenters. The number of alkyl halides is 2. The van der Waals surface area contributed by atoms with Crippen LogP contribution in [-0.4, -0.2) is 37.7 Å². The molecule has 3 fully saturated rings. The molecule has 2 N–H and O–H groups in total. The van der Waals surface area contributed by atoms with Crippen LogP contribution in [0, 0.1) is 22.6 Å². The molecule has 13 heteroatoms. The summed E-state index contributed by atoms with van der Waals surface area (Å²) in [6.45, 7) is 1.73. The minimum Gasteiger partial charge on any atom is -0.481 e. The molecule has 0 spiro atoms. The Morgan fingerprint density at radius 1 is 1.27 bits per heavy atom. The molecule has 1 aromatic carbocycles. The van der Waals surface area contributed by atoms with Gasteiger partial charge < -0.3 is 24.6 Å². The highest BCUT2D eigenvalue weighted by atomic mass is 19.3. The van der Waals surface area contributed by atoms with Crippen molar-refractivity contribution in [3.8, 4) is 23.4 Å². The normalized spacial score (nSPS) is 27.1. The summed E-state index contributed by atoms with van der Waals surface area (Å²) in [6, 6.07) is 7.42. The van der Waals surface area contributed by atoms with E-state index in [0.29, 0.717) is 43.4 Å². The molecule has 1 aliphatic heterocycles. The number of hydrogen-bond donors (Lipinski definition) is 2. The van der Waals surface area contributed by atoms with Crippen molar-refractivity contribution in [2.45, 2.75) is 69.5 Å². The van der Waals surface area contributed by atoms with Gasteiger partial charge in [0.2, 0.25) is 0 Å². The predicted molar refractivity (Wildman–Crippen MR) is 134 cm³/mol. The molecule has 5 aliphatic rings. The molecule has 3 saturated carbocycles. The van der Waals surface area contributed by atoms with Gasteiger partial charge in [0.25, 0.3) is 0 Å². The number of fused-ring (bicyclic) bond motifs is 2. The standard InChI is InChI=1S/C28H24F3N5O5/c1-14(15-5-6-20-22(7-15)41-28(30,31)40-20)34-18-8-23(33-10-17(18)29)36-24-16(19(9-32)35-36)3-2-4-21(24)39-27-11-26(12-27,13-27)25(37)38/h5-8,10,14,21H,2-4,11-13H2,1H3,(H,33,34)(H,37,38)/t14-,21+,26?,27?/m0/s1. The van der Waals surface area contributed by atoms with Crippen molar-refractivity contribution < 1.29 is 37.3 Å². The number of carboxylic acids is 1. The van der Waals surface area contributed by atoms with E-state index in [2.05, 4.69) is 30.9 Å². The van der Waals surface area contributed by atoms with E-state index in [1.165, 1.54) is 22.9 Å². The van der Waals surface area contributed by atoms with Gasteiger partial charge in [0.1, 0.15) is 12.2 Å². The van der Waals surface area contributed by atoms with Gasteiger partial charge in [-0.25, -0.2) is 14.1 Å². The maximum Gasteiger partial charge on any atom is 0.586 e. The smallest absolute Gasteiger partial charge is 0.481 e. The van der Waals surface area contributed by atoms with Gasteiger partial charge in [-0.1, -0.05) is 6.07 Å². The van der Waals surface area contributed by atoms with Crippen molar-refractivity contribution in [2.24, 2.45) is 5.41 Å². The van der Waals surface area contributed by atoms with Gasteiger partial charge >= 0.3 is 12.3 Å². The van der Waals surface area contributed by atoms with Crippen molar-refractivity contribution in [2.75, 3.05) is 5.32 Å². The van der Waals surface area contributed by atoms with Gasteiger partial charge in [-0.15, -0.1) is 8.78 Å². The molecule has 41 heavy (non-hydrogen) atoms. The fourth-order valence-corrected chi connectivity index (χ4v) is 6.57. The van der Waals surface area contributed by atoms with Crippen molar-refractivity contribution in [3.63, 3.8) is 0 Å². The number of nitriles is 1. The number of ether oxygens (including phenoxy) is 3. The van der Waals surface area contributed by atoms with Crippen LogP contribution in [-0.2, 0) is 16.0 Å². The van der Waals surface area contributed by atoms with E-state index in [0.717, 1.165) is 18.2 Å². The minimum absolute atomic E-state index is 0.0874. The number of carbonyl (C=O) groups is 1. The van der Waals surface area contributed by atoms with Crippen LogP contribution in [0.4, 0.5) is 18.9 Å². The summed E-state index contributed by atoms with van der Waals surface area (Å²) in [4.78, 5) is 15.8. The van der Waals surface area contributed by atoms with E-state index >= 15 is 0 Å². The molecule has 212 valence electrons. The van der Waals surface area contributed by atoms with Crippen LogP contribution in [0.15, 0.2) is 30.5 Å². The maximum absolute atomic E-state index is 14.9. The van der Waals surface area contributed by atoms with Crippen LogP contribution < -0.4 is 14.8 Å². The molecular weight excluding hydrogens is 543 g/mol. The average molecular weight is 568 g/mol. The average Bonchev–Trinajstić information content (AvgIpc) is 3.42. The lowest BCUT2D eigenvalue weighted by atomic mass is 9.41. The number of nitrogens with one attached hydrogen (secondary N) is 1. The third-order valence-electron chi connectivity index (χ3n) is 8.51. The van der Waals surface area contributed by atoms with Gasteiger partial charge in [0.15, 0.2) is 28.8 Å². The van der Waals surface area contributed by atoms with E-state index < -0.39 is 41.2 Å². The maximum atomic E-state index is 14.9. The highest BCUT2D eigenvalue weighted by Crippen LogP contribution is 2.70. The number of aliphatic carboxylic acids is 1. The molecule has 0 radical (unpaired) electrons. The van der Waals surface area contributed by atoms with Crippen molar-refractivity contribution in [1.29, 1.82) is 5.26 Å². The second-order valence-electron chi connectivity index (χ2n) is 11.3. The number of pyridine rings is 1. The van der Waals surface area contributed by atoms with Crippen LogP contribution in [0.1, 0.15) is 73.7 Å². The first-order valence-corrected chi connectivity index (χ1v) is 13.3. The second kappa shape index (κ2) is 8.59. The molecule has 2 bridgehead atoms. The van der Waals surface area contributed by atoms with Gasteiger partial charge in [0, 0.05) is 17.7 Å². The topological polar surface area (TPSA) is 132 Å². The van der Waals surface area contributed by atoms with Crippen molar-refractivity contribution in [3.05, 3.63) is 58.8 Å². The third kappa shape index (κ3) is 4.00. The Balaban J connectivity index is 1.17. The first-order chi connectivity index (χ1) is 19.5. The zero-order valence-corrected chi connectivity index (χ0v) is 21.8. The highest BCUT2D eigenvalue weighted by molar-refractivity contribution is 5.79. The molecular formula is C28H24F3N5O5. The largest absolute Gasteiger partial charge is 0.586 e. The second-order valence-corrected chi connectivity index (χ2v) is 11.3. The minimum atomic E-state index is -3.74. The Morgan fingerprint density at radius 2 is 2.02 bits per heavy atom. The molecule has 4 aliphatic carbocycles. The summed E-state index contributed by atoms with van der Waals surface area (Å²) in [5.41, 5.74) is 1.10. The zero-order valence-electron chi connectivity index (χ0n) is 21.8. The fourth-order valence-electron chi connectivity index (χ4n) is 6.57. The van der Waals surface area contributed by atoms with Crippen LogP contribution in [0.3, 0.4) is 0 Å². The van der Waals surface area contributed by atoms with Crippen molar-refractivity contribution >= 4 is 11.7 Å². The summed E-state index contributed by atoms with van der Waals surface area (Å²) in [5.74, 6) is -1.39. The number of carboxylic acid groups (broad SMARTS) is 1. The van der Waals surface area contributed by atoms with Gasteiger partial charge in [-0.3, -0.25) is 4.79 Å². The lowest BCUT2D eigenvalue weighted by molar-refractivity contribution is -0.300. The van der Waals surface area contributed by atoms with E-state index in [1.807, 2.05) is 0 Å². The van der Waals surface area contributed by atoms with E-state index in [-0.39, 0.29) is 28.7 Å². The number of rotatable bonds is 7. The Kier molecular flexibility index (Phi) is 5.38. The fraction of sp³-hybridized carbons (Fsp3) is 0.429. The number of benzene rings is 1. The third-order valence-corrected chi connectivity index (χ3v) is 8.51. The number of halogens is 3. The van der Waals surface area contributed by atoms with Gasteiger partial charge in [-0.05, 0) is 63.1 Å². The Morgan fingerprint density at radius 3 is 2.76 bits per heavy atom. The van der Waals surface area contributed by atoms with Crippen LogP contribution in [0.25, 0.3) is 5.82 Å². The lowest BCUT2D eigenvalue weighted by Crippen LogP contribution is -2.71. The molecule has 2 aromatic heterocycles. The monoisotopic (exact) mass is 567 g/mol. The Labute approximate surface area is 231 Å². The van der Waals surface area contributed by atoms with E-state index in [4.69, 9.17) is 4.74 Å². The first-order valence-electron chi connectivity index (χ1n) is 13.3. The SMILES string of the molecule is C[C@H](Nc1cc(-n2nc(C#N)c3c2[C@H](OC24CC(C(=O)O)(C2)C4)CCC3)ncc1F)c1ccc2c(c1)OC(F)(F)O2. The molecule has 3 heterocycles. The summed E-state index contributed by atoms with van der Waals surface area (Å²) in [5, 5.41) is 26.8. The van der Waals surface area contributed by atoms with Gasteiger partial charge in [0.05, 0.1) is 28.6 Å². The Bertz CT molecular complexity index is 1630. The summed E-state index contributed by atoms with van der Waals surface area (Å²) < 4.78 is 58.8. The van der Waals surface area contributed by atoms with Crippen LogP contribution in [0.2, 0.25) is 0 Å². The number of aromatic nitrogens is 3. The molecule has 0 amide bonds. The predicted octanol–water partition coefficient (Wildman–Crippen LogP) is 5.17. The molecule has 10 nitrogen and oxygen atoms in total. The lowest BCUT2D eigenvalue weighted by Gasteiger charge is -2.67. The quantitative estimate of drug-likeness (QED) is 0.397. The Hall–Kier alpha value is -4.31. The first kappa shape index (κ1) is 25.6. The number of nitrogens with zero attached hydrogens (tertiary/aromatic N) is 4. The van der Waals surface area contributed by atoms with E-state index in [9.17, 15) is 28.3 Å². The van der Waals surface area contributed by atoms with E-state index in [1.54, 1.807) is 13.0 Å². The molecule has 8 rings (SSSR count). The molecule has 0 unspecified atom stereocenters. The van der Waals surface area contributed by atoms with Crippen LogP contribution in [0.5, 0.6) is 11.5 Å². The summed E-state index contributed by atoms with van der Waals surface area (Å²) >= 11 is 0. The molecule has 3 aromatic rings. The summed E-state index contributed by atoms with van der Waals surface area (Å²) in [7, 11) is 0. The highest BCUT2D eigenvalue weighted by Gasteiger charge is 2.73. The molecule has 0 saturated heterocycles. The van der Waals surface area contributed by atoms with Crippen molar-refractivity contribution in [1.82, 2.24) is 14.8 Å². The number of hydrogen-bond acceptors (Lipinski definition) is 8. The summed E-state index contributed by atoms with van der Waals surface area (Å²) in [6.07, 6.45) is 0.314. The van der Waals surface area contributed by atoms with Crippen LogP contribution >= 0.6 is 0 Å². The number of anilines is 1.